The fourth-order valence-corrected chi connectivity index (χ4v) is 4.87. The molecule has 2 aliphatic heterocycles. The van der Waals surface area contributed by atoms with Crippen LogP contribution in [0.3, 0.4) is 0 Å². The molecule has 9 heteroatoms. The number of piperazine rings is 1. The standard InChI is InChI=1S/C25H30BFN4O3/c1-15-11-30(21(10-28-15)24(26)34)12-22(33)31-14-25(2,3)23-20(31)9-17(19(13-32)29-23)8-16-4-6-18(27)7-5-16/h4-7,9,15,21,28,32H,8,10-14H2,1-3H3/t15-,21-/m1/s1. The van der Waals surface area contributed by atoms with Gasteiger partial charge in [0.15, 0.2) is 7.85 Å². The highest BCUT2D eigenvalue weighted by Gasteiger charge is 2.41. The van der Waals surface area contributed by atoms with Crippen molar-refractivity contribution in [3.05, 3.63) is 58.7 Å². The van der Waals surface area contributed by atoms with E-state index in [0.29, 0.717) is 37.4 Å². The van der Waals surface area contributed by atoms with Crippen molar-refractivity contribution in [1.82, 2.24) is 15.2 Å². The van der Waals surface area contributed by atoms with Crippen LogP contribution in [0.15, 0.2) is 30.3 Å². The molecule has 2 aromatic rings. The average Bonchev–Trinajstić information content (AvgIpc) is 3.04. The summed E-state index contributed by atoms with van der Waals surface area (Å²) in [7, 11) is 5.58. The summed E-state index contributed by atoms with van der Waals surface area (Å²) in [5.74, 6) is -0.438. The molecule has 3 heterocycles. The summed E-state index contributed by atoms with van der Waals surface area (Å²) >= 11 is 0. The van der Waals surface area contributed by atoms with Crippen LogP contribution in [0, 0.1) is 5.82 Å². The third kappa shape index (κ3) is 4.92. The second-order valence-electron chi connectivity index (χ2n) is 9.94. The largest absolute Gasteiger partial charge is 0.390 e. The van der Waals surface area contributed by atoms with E-state index >= 15 is 0 Å². The Morgan fingerprint density at radius 3 is 2.65 bits per heavy atom. The molecule has 1 aromatic carbocycles. The number of pyridine rings is 1. The molecule has 0 unspecified atom stereocenters. The first-order valence-electron chi connectivity index (χ1n) is 11.5. The smallest absolute Gasteiger partial charge is 0.241 e. The maximum absolute atomic E-state index is 13.5. The quantitative estimate of drug-likeness (QED) is 0.627. The average molecular weight is 464 g/mol. The number of aromatic nitrogens is 1. The predicted octanol–water partition coefficient (Wildman–Crippen LogP) is 1.29. The van der Waals surface area contributed by atoms with E-state index in [2.05, 4.69) is 5.32 Å². The van der Waals surface area contributed by atoms with E-state index in [4.69, 9.17) is 12.8 Å². The van der Waals surface area contributed by atoms with E-state index in [9.17, 15) is 19.1 Å². The molecule has 0 saturated carbocycles. The van der Waals surface area contributed by atoms with Crippen LogP contribution in [0.25, 0.3) is 0 Å². The zero-order valence-corrected chi connectivity index (χ0v) is 19.8. The van der Waals surface area contributed by atoms with Crippen LogP contribution >= 0.6 is 0 Å². The summed E-state index contributed by atoms with van der Waals surface area (Å²) in [6, 6.07) is 7.71. The molecular formula is C25H30BFN4O3. The van der Waals surface area contributed by atoms with Gasteiger partial charge in [-0.05, 0) is 42.7 Å². The van der Waals surface area contributed by atoms with Crippen molar-refractivity contribution in [3.63, 3.8) is 0 Å². The van der Waals surface area contributed by atoms with Gasteiger partial charge in [0, 0.05) is 31.1 Å². The lowest BCUT2D eigenvalue weighted by Gasteiger charge is -2.38. The Morgan fingerprint density at radius 1 is 1.29 bits per heavy atom. The first kappa shape index (κ1) is 24.5. The van der Waals surface area contributed by atoms with Crippen molar-refractivity contribution in [2.24, 2.45) is 0 Å². The van der Waals surface area contributed by atoms with Gasteiger partial charge in [0.2, 0.25) is 5.91 Å². The topological polar surface area (TPSA) is 85.8 Å². The van der Waals surface area contributed by atoms with Crippen molar-refractivity contribution in [2.45, 2.75) is 51.3 Å². The van der Waals surface area contributed by atoms with Crippen molar-refractivity contribution in [2.75, 3.05) is 31.1 Å². The molecule has 178 valence electrons. The Hall–Kier alpha value is -2.62. The van der Waals surface area contributed by atoms with Crippen LogP contribution in [0.4, 0.5) is 10.1 Å². The van der Waals surface area contributed by atoms with Crippen molar-refractivity contribution < 1.29 is 19.1 Å². The SMILES string of the molecule is [B]C(=O)[C@H]1CN[C@H](C)CN1CC(=O)N1CC(C)(C)c2nc(CO)c(Cc3ccc(F)cc3)cc21. The summed E-state index contributed by atoms with van der Waals surface area (Å²) in [5, 5.41) is 13.2. The molecule has 4 rings (SSSR count). The third-order valence-electron chi connectivity index (χ3n) is 6.69. The highest BCUT2D eigenvalue weighted by molar-refractivity contribution is 6.59. The fourth-order valence-electron chi connectivity index (χ4n) is 4.87. The van der Waals surface area contributed by atoms with Crippen molar-refractivity contribution in [1.29, 1.82) is 0 Å². The Balaban J connectivity index is 1.64. The van der Waals surface area contributed by atoms with Gasteiger partial charge in [0.1, 0.15) is 5.82 Å². The number of hydrogen-bond donors (Lipinski definition) is 2. The van der Waals surface area contributed by atoms with E-state index in [0.717, 1.165) is 16.8 Å². The van der Waals surface area contributed by atoms with Crippen LogP contribution in [-0.4, -0.2) is 72.7 Å². The van der Waals surface area contributed by atoms with Crippen LogP contribution in [-0.2, 0) is 28.0 Å². The lowest BCUT2D eigenvalue weighted by Crippen LogP contribution is -2.60. The van der Waals surface area contributed by atoms with E-state index in [1.165, 1.54) is 12.1 Å². The number of anilines is 1. The van der Waals surface area contributed by atoms with E-state index in [1.54, 1.807) is 17.0 Å². The molecule has 34 heavy (non-hydrogen) atoms. The summed E-state index contributed by atoms with van der Waals surface area (Å²) in [5.41, 5.74) is 2.83. The molecule has 2 aliphatic rings. The van der Waals surface area contributed by atoms with Crippen LogP contribution in [0.2, 0.25) is 0 Å². The molecule has 2 radical (unpaired) electrons. The molecule has 7 nitrogen and oxygen atoms in total. The van der Waals surface area contributed by atoms with Crippen molar-refractivity contribution >= 4 is 25.1 Å². The first-order chi connectivity index (χ1) is 16.1. The Morgan fingerprint density at radius 2 is 2.00 bits per heavy atom. The molecule has 2 atom stereocenters. The molecule has 0 spiro atoms. The molecule has 1 saturated heterocycles. The first-order valence-corrected chi connectivity index (χ1v) is 11.5. The molecule has 0 aliphatic carbocycles. The maximum Gasteiger partial charge on any atom is 0.241 e. The number of carbonyl (C=O) groups excluding carboxylic acids is 2. The summed E-state index contributed by atoms with van der Waals surface area (Å²) in [6.45, 7) is 7.29. The highest BCUT2D eigenvalue weighted by Crippen LogP contribution is 2.40. The van der Waals surface area contributed by atoms with Gasteiger partial charge in [-0.2, -0.15) is 0 Å². The predicted molar refractivity (Wildman–Crippen MR) is 128 cm³/mol. The number of halogens is 1. The summed E-state index contributed by atoms with van der Waals surface area (Å²) in [6.07, 6.45) is 0.456. The number of fused-ring (bicyclic) bond motifs is 1. The second-order valence-corrected chi connectivity index (χ2v) is 9.94. The minimum Gasteiger partial charge on any atom is -0.390 e. The van der Waals surface area contributed by atoms with Gasteiger partial charge in [0.25, 0.3) is 0 Å². The number of aliphatic hydroxyl groups is 1. The number of nitrogens with zero attached hydrogens (tertiary/aromatic N) is 3. The van der Waals surface area contributed by atoms with Gasteiger partial charge in [0.05, 0.1) is 42.0 Å². The zero-order valence-electron chi connectivity index (χ0n) is 19.8. The van der Waals surface area contributed by atoms with Gasteiger partial charge < -0.3 is 20.1 Å². The molecular weight excluding hydrogens is 434 g/mol. The maximum atomic E-state index is 13.5. The number of carbonyl (C=O) groups is 2. The van der Waals surface area contributed by atoms with E-state index in [-0.39, 0.29) is 30.9 Å². The van der Waals surface area contributed by atoms with Crippen molar-refractivity contribution in [3.8, 4) is 0 Å². The number of aliphatic hydroxyl groups excluding tert-OH is 1. The monoisotopic (exact) mass is 464 g/mol. The zero-order chi connectivity index (χ0) is 24.6. The van der Waals surface area contributed by atoms with Gasteiger partial charge in [-0.25, -0.2) is 4.39 Å². The lowest BCUT2D eigenvalue weighted by molar-refractivity contribution is -0.123. The number of rotatable bonds is 6. The minimum absolute atomic E-state index is 0.0736. The number of hydrogen-bond acceptors (Lipinski definition) is 6. The number of amides is 1. The van der Waals surface area contributed by atoms with Crippen LogP contribution in [0.5, 0.6) is 0 Å². The normalized spacial score (nSPS) is 22.0. The fraction of sp³-hybridized carbons (Fsp3) is 0.480. The van der Waals surface area contributed by atoms with Gasteiger partial charge >= 0.3 is 0 Å². The lowest BCUT2D eigenvalue weighted by atomic mass is 9.90. The Labute approximate surface area is 200 Å². The van der Waals surface area contributed by atoms with Gasteiger partial charge in [-0.1, -0.05) is 26.0 Å². The molecule has 1 aromatic heterocycles. The molecule has 2 N–H and O–H groups in total. The molecule has 0 bridgehead atoms. The Kier molecular flexibility index (Phi) is 6.89. The Bertz CT molecular complexity index is 1090. The summed E-state index contributed by atoms with van der Waals surface area (Å²) < 4.78 is 13.3. The van der Waals surface area contributed by atoms with E-state index < -0.39 is 17.1 Å². The van der Waals surface area contributed by atoms with E-state index in [1.807, 2.05) is 31.7 Å². The van der Waals surface area contributed by atoms with Crippen LogP contribution in [0.1, 0.15) is 43.3 Å². The van der Waals surface area contributed by atoms with Gasteiger partial charge in [-0.3, -0.25) is 14.7 Å². The minimum atomic E-state index is -0.542. The number of nitrogens with one attached hydrogen (secondary N) is 1. The van der Waals surface area contributed by atoms with Crippen LogP contribution < -0.4 is 10.2 Å². The summed E-state index contributed by atoms with van der Waals surface area (Å²) in [4.78, 5) is 33.8. The molecule has 1 fully saturated rings. The van der Waals surface area contributed by atoms with Gasteiger partial charge in [-0.15, -0.1) is 0 Å². The number of benzene rings is 1. The third-order valence-corrected chi connectivity index (χ3v) is 6.69. The second kappa shape index (κ2) is 9.56. The highest BCUT2D eigenvalue weighted by atomic mass is 19.1. The molecule has 1 amide bonds.